The molecule has 1 saturated carbocycles. The van der Waals surface area contributed by atoms with E-state index in [0.29, 0.717) is 23.6 Å². The van der Waals surface area contributed by atoms with Gasteiger partial charge in [-0.3, -0.25) is 14.6 Å². The summed E-state index contributed by atoms with van der Waals surface area (Å²) in [6.07, 6.45) is 11.5. The molecule has 7 nitrogen and oxygen atoms in total. The minimum absolute atomic E-state index is 0.135. The second-order valence-electron chi connectivity index (χ2n) is 11.0. The molecule has 2 atom stereocenters. The van der Waals surface area contributed by atoms with Crippen LogP contribution in [0.4, 0.5) is 4.79 Å². The van der Waals surface area contributed by atoms with Gasteiger partial charge >= 0.3 is 6.09 Å². The van der Waals surface area contributed by atoms with Crippen molar-refractivity contribution < 1.29 is 14.3 Å². The molecule has 39 heavy (non-hydrogen) atoms. The summed E-state index contributed by atoms with van der Waals surface area (Å²) in [6, 6.07) is 10.1. The largest absolute Gasteiger partial charge is 0.445 e. The van der Waals surface area contributed by atoms with E-state index in [1.165, 1.54) is 48.6 Å². The Bertz CT molecular complexity index is 949. The molecule has 0 unspecified atom stereocenters. The van der Waals surface area contributed by atoms with E-state index in [4.69, 9.17) is 17.0 Å². The number of ether oxygens (including phenoxy) is 1. The molecular formula is C30H44N4O3S2. The Balaban J connectivity index is 1.32. The van der Waals surface area contributed by atoms with Crippen LogP contribution >= 0.6 is 24.0 Å². The van der Waals surface area contributed by atoms with Gasteiger partial charge in [-0.25, -0.2) is 4.79 Å². The molecule has 9 heteroatoms. The fourth-order valence-electron chi connectivity index (χ4n) is 5.85. The highest BCUT2D eigenvalue weighted by Crippen LogP contribution is 2.28. The van der Waals surface area contributed by atoms with E-state index in [1.807, 2.05) is 0 Å². The van der Waals surface area contributed by atoms with E-state index >= 15 is 0 Å². The SMILES string of the molecule is C=CCOC(=O)N1CSC[C@H]1C(=O)N[C@H](CCC1CCCCC1)C(=S)NC1CCN(Cc2ccccc2)CC1. The summed E-state index contributed by atoms with van der Waals surface area (Å²) in [5.41, 5.74) is 1.34. The molecule has 2 N–H and O–H groups in total. The van der Waals surface area contributed by atoms with E-state index in [9.17, 15) is 9.59 Å². The number of rotatable bonds is 11. The van der Waals surface area contributed by atoms with Crippen molar-refractivity contribution in [3.8, 4) is 0 Å². The summed E-state index contributed by atoms with van der Waals surface area (Å²) in [4.78, 5) is 30.7. The standard InChI is InChI=1S/C30H44N4O3S2/c1-2-19-37-30(36)34-22-39-21-27(34)28(35)32-26(14-13-23-9-5-3-6-10-23)29(38)31-25-15-17-33(18-16-25)20-24-11-7-4-8-12-24/h2,4,7-8,11-12,23,25-27H,1,3,5-6,9-10,13-22H2,(H,31,38)(H,32,35)/t26-,27+/m1/s1. The van der Waals surface area contributed by atoms with Crippen molar-refractivity contribution >= 4 is 41.0 Å². The maximum atomic E-state index is 13.4. The molecule has 1 aliphatic carbocycles. The number of hydrogen-bond acceptors (Lipinski definition) is 6. The highest BCUT2D eigenvalue weighted by Gasteiger charge is 2.37. The van der Waals surface area contributed by atoms with Crippen LogP contribution in [-0.2, 0) is 16.1 Å². The molecule has 2 aliphatic heterocycles. The van der Waals surface area contributed by atoms with Crippen LogP contribution in [0.25, 0.3) is 0 Å². The highest BCUT2D eigenvalue weighted by molar-refractivity contribution is 7.99. The van der Waals surface area contributed by atoms with Crippen molar-refractivity contribution in [1.82, 2.24) is 20.4 Å². The zero-order valence-electron chi connectivity index (χ0n) is 23.0. The maximum Gasteiger partial charge on any atom is 0.411 e. The number of carbonyl (C=O) groups excluding carboxylic acids is 2. The van der Waals surface area contributed by atoms with Gasteiger partial charge in [0.2, 0.25) is 5.91 Å². The number of carbonyl (C=O) groups is 2. The first kappa shape index (κ1) is 29.9. The Kier molecular flexibility index (Phi) is 12.0. The Morgan fingerprint density at radius 3 is 2.59 bits per heavy atom. The van der Waals surface area contributed by atoms with Crippen molar-refractivity contribution in [3.05, 3.63) is 48.6 Å². The predicted molar refractivity (Wildman–Crippen MR) is 163 cm³/mol. The third-order valence-electron chi connectivity index (χ3n) is 8.15. The monoisotopic (exact) mass is 572 g/mol. The molecule has 0 aromatic heterocycles. The second-order valence-corrected chi connectivity index (χ2v) is 12.5. The summed E-state index contributed by atoms with van der Waals surface area (Å²) >= 11 is 7.49. The zero-order chi connectivity index (χ0) is 27.5. The van der Waals surface area contributed by atoms with Gasteiger partial charge in [-0.1, -0.05) is 87.3 Å². The molecular weight excluding hydrogens is 528 g/mol. The van der Waals surface area contributed by atoms with Crippen LogP contribution in [0.15, 0.2) is 43.0 Å². The molecule has 214 valence electrons. The van der Waals surface area contributed by atoms with Gasteiger partial charge in [0.05, 0.1) is 16.9 Å². The molecule has 0 radical (unpaired) electrons. The van der Waals surface area contributed by atoms with Crippen LogP contribution in [0, 0.1) is 5.92 Å². The molecule has 3 aliphatic rings. The normalized spacial score (nSPS) is 21.7. The first-order chi connectivity index (χ1) is 19.0. The molecule has 4 rings (SSSR count). The molecule has 1 aromatic carbocycles. The average Bonchev–Trinajstić information content (AvgIpc) is 3.46. The predicted octanol–water partition coefficient (Wildman–Crippen LogP) is 5.11. The first-order valence-electron chi connectivity index (χ1n) is 14.5. The van der Waals surface area contributed by atoms with E-state index in [1.54, 1.807) is 11.8 Å². The molecule has 0 bridgehead atoms. The Morgan fingerprint density at radius 2 is 1.87 bits per heavy atom. The van der Waals surface area contributed by atoms with E-state index in [-0.39, 0.29) is 18.6 Å². The van der Waals surface area contributed by atoms with Crippen LogP contribution in [0.3, 0.4) is 0 Å². The summed E-state index contributed by atoms with van der Waals surface area (Å²) < 4.78 is 5.21. The van der Waals surface area contributed by atoms with Crippen molar-refractivity contribution in [3.63, 3.8) is 0 Å². The van der Waals surface area contributed by atoms with Crippen molar-refractivity contribution in [1.29, 1.82) is 0 Å². The van der Waals surface area contributed by atoms with E-state index in [2.05, 4.69) is 52.4 Å². The van der Waals surface area contributed by atoms with Gasteiger partial charge in [-0.05, 0) is 37.2 Å². The van der Waals surface area contributed by atoms with Gasteiger partial charge in [-0.2, -0.15) is 0 Å². The number of thioether (sulfide) groups is 1. The lowest BCUT2D eigenvalue weighted by atomic mass is 9.85. The van der Waals surface area contributed by atoms with Crippen LogP contribution in [0.1, 0.15) is 63.4 Å². The first-order valence-corrected chi connectivity index (χ1v) is 16.1. The number of likely N-dealkylation sites (tertiary alicyclic amines) is 1. The van der Waals surface area contributed by atoms with Crippen LogP contribution in [-0.4, -0.2) is 76.2 Å². The van der Waals surface area contributed by atoms with Gasteiger partial charge in [0.1, 0.15) is 12.6 Å². The molecule has 3 fully saturated rings. The average molecular weight is 573 g/mol. The summed E-state index contributed by atoms with van der Waals surface area (Å²) in [5.74, 6) is 1.57. The number of nitrogens with one attached hydrogen (secondary N) is 2. The molecule has 2 heterocycles. The molecule has 2 saturated heterocycles. The van der Waals surface area contributed by atoms with Gasteiger partial charge < -0.3 is 15.4 Å². The van der Waals surface area contributed by atoms with Gasteiger partial charge in [0.15, 0.2) is 0 Å². The number of piperidine rings is 1. The topological polar surface area (TPSA) is 73.9 Å². The third kappa shape index (κ3) is 9.22. The Hall–Kier alpha value is -2.10. The summed E-state index contributed by atoms with van der Waals surface area (Å²) in [7, 11) is 0. The lowest BCUT2D eigenvalue weighted by molar-refractivity contribution is -0.125. The lowest BCUT2D eigenvalue weighted by Crippen LogP contribution is -2.55. The lowest BCUT2D eigenvalue weighted by Gasteiger charge is -2.34. The summed E-state index contributed by atoms with van der Waals surface area (Å²) in [5, 5.41) is 6.85. The van der Waals surface area contributed by atoms with Crippen molar-refractivity contribution in [2.75, 3.05) is 31.3 Å². The fourth-order valence-corrected chi connectivity index (χ4v) is 7.33. The summed E-state index contributed by atoms with van der Waals surface area (Å²) in [6.45, 7) is 6.75. The maximum absolute atomic E-state index is 13.4. The number of benzene rings is 1. The third-order valence-corrected chi connectivity index (χ3v) is 9.56. The fraction of sp³-hybridized carbons (Fsp3) is 0.633. The van der Waals surface area contributed by atoms with Gasteiger partial charge in [-0.15, -0.1) is 11.8 Å². The van der Waals surface area contributed by atoms with Crippen molar-refractivity contribution in [2.24, 2.45) is 5.92 Å². The van der Waals surface area contributed by atoms with Gasteiger partial charge in [0.25, 0.3) is 0 Å². The molecule has 1 aromatic rings. The second kappa shape index (κ2) is 15.6. The van der Waals surface area contributed by atoms with E-state index in [0.717, 1.165) is 50.3 Å². The smallest absolute Gasteiger partial charge is 0.411 e. The minimum atomic E-state index is -0.548. The van der Waals surface area contributed by atoms with E-state index < -0.39 is 12.1 Å². The molecule has 2 amide bonds. The van der Waals surface area contributed by atoms with Gasteiger partial charge in [0, 0.05) is 31.4 Å². The van der Waals surface area contributed by atoms with Crippen LogP contribution < -0.4 is 10.6 Å². The number of hydrogen-bond donors (Lipinski definition) is 2. The number of thiocarbonyl (C=S) groups is 1. The van der Waals surface area contributed by atoms with Crippen LogP contribution in [0.2, 0.25) is 0 Å². The number of nitrogens with zero attached hydrogens (tertiary/aromatic N) is 2. The number of amides is 2. The minimum Gasteiger partial charge on any atom is -0.445 e. The van der Waals surface area contributed by atoms with Crippen LogP contribution in [0.5, 0.6) is 0 Å². The quantitative estimate of drug-likeness (QED) is 0.282. The Labute approximate surface area is 243 Å². The Morgan fingerprint density at radius 1 is 1.13 bits per heavy atom. The highest BCUT2D eigenvalue weighted by atomic mass is 32.2. The molecule has 0 spiro atoms. The zero-order valence-corrected chi connectivity index (χ0v) is 24.7. The van der Waals surface area contributed by atoms with Crippen molar-refractivity contribution in [2.45, 2.75) is 82.5 Å².